The molecule has 2 atom stereocenters. The Kier molecular flexibility index (Phi) is 6.26. The third-order valence-electron chi connectivity index (χ3n) is 4.52. The SMILES string of the molecule is CCNC(=O)[C@@H]1C[C@H](NC(=O)CSC)CN1Cc1ccc2c(c1)OCO2. The zero-order valence-corrected chi connectivity index (χ0v) is 15.9. The van der Waals surface area contributed by atoms with E-state index in [0.717, 1.165) is 17.1 Å². The summed E-state index contributed by atoms with van der Waals surface area (Å²) in [5.41, 5.74) is 1.06. The van der Waals surface area contributed by atoms with E-state index in [1.165, 1.54) is 11.8 Å². The molecule has 1 fully saturated rings. The van der Waals surface area contributed by atoms with Crippen molar-refractivity contribution in [3.63, 3.8) is 0 Å². The van der Waals surface area contributed by atoms with E-state index in [9.17, 15) is 9.59 Å². The highest BCUT2D eigenvalue weighted by atomic mass is 32.2. The van der Waals surface area contributed by atoms with Gasteiger partial charge in [0.1, 0.15) is 0 Å². The summed E-state index contributed by atoms with van der Waals surface area (Å²) in [5.74, 6) is 1.94. The molecule has 0 bridgehead atoms. The van der Waals surface area contributed by atoms with Crippen molar-refractivity contribution in [1.82, 2.24) is 15.5 Å². The van der Waals surface area contributed by atoms with Crippen LogP contribution in [-0.4, -0.2) is 60.7 Å². The second kappa shape index (κ2) is 8.64. The molecule has 1 aromatic carbocycles. The minimum atomic E-state index is -0.250. The lowest BCUT2D eigenvalue weighted by Crippen LogP contribution is -2.42. The van der Waals surface area contributed by atoms with Crippen LogP contribution in [-0.2, 0) is 16.1 Å². The Hall–Kier alpha value is -1.93. The van der Waals surface area contributed by atoms with Crippen LogP contribution < -0.4 is 20.1 Å². The number of nitrogens with zero attached hydrogens (tertiary/aromatic N) is 1. The van der Waals surface area contributed by atoms with E-state index in [-0.39, 0.29) is 30.7 Å². The second-order valence-electron chi connectivity index (χ2n) is 6.46. The summed E-state index contributed by atoms with van der Waals surface area (Å²) >= 11 is 1.49. The molecule has 0 aliphatic carbocycles. The van der Waals surface area contributed by atoms with Gasteiger partial charge in [0.25, 0.3) is 0 Å². The first-order valence-corrected chi connectivity index (χ1v) is 10.2. The first-order chi connectivity index (χ1) is 12.6. The summed E-state index contributed by atoms with van der Waals surface area (Å²) in [6.45, 7) is 4.01. The number of carbonyl (C=O) groups is 2. The topological polar surface area (TPSA) is 79.9 Å². The number of likely N-dealkylation sites (tertiary alicyclic amines) is 1. The number of ether oxygens (including phenoxy) is 2. The van der Waals surface area contributed by atoms with Crippen molar-refractivity contribution in [2.75, 3.05) is 31.9 Å². The van der Waals surface area contributed by atoms with E-state index < -0.39 is 0 Å². The highest BCUT2D eigenvalue weighted by Gasteiger charge is 2.37. The zero-order chi connectivity index (χ0) is 18.5. The summed E-state index contributed by atoms with van der Waals surface area (Å²) < 4.78 is 10.8. The molecule has 3 rings (SSSR count). The lowest BCUT2D eigenvalue weighted by Gasteiger charge is -2.23. The minimum Gasteiger partial charge on any atom is -0.454 e. The van der Waals surface area contributed by atoms with Crippen molar-refractivity contribution >= 4 is 23.6 Å². The van der Waals surface area contributed by atoms with E-state index >= 15 is 0 Å². The van der Waals surface area contributed by atoms with Gasteiger partial charge in [0.2, 0.25) is 18.6 Å². The fraction of sp³-hybridized carbons (Fsp3) is 0.556. The van der Waals surface area contributed by atoms with Crippen molar-refractivity contribution in [3.8, 4) is 11.5 Å². The van der Waals surface area contributed by atoms with E-state index in [1.54, 1.807) is 0 Å². The third kappa shape index (κ3) is 4.42. The maximum Gasteiger partial charge on any atom is 0.237 e. The van der Waals surface area contributed by atoms with Gasteiger partial charge < -0.3 is 20.1 Å². The number of thioether (sulfide) groups is 1. The maximum atomic E-state index is 12.5. The van der Waals surface area contributed by atoms with E-state index in [1.807, 2.05) is 31.4 Å². The van der Waals surface area contributed by atoms with Gasteiger partial charge in [-0.1, -0.05) is 6.07 Å². The molecular weight excluding hydrogens is 354 g/mol. The molecule has 1 aromatic rings. The Bertz CT molecular complexity index is 670. The van der Waals surface area contributed by atoms with Crippen LogP contribution in [0.4, 0.5) is 0 Å². The average molecular weight is 379 g/mol. The maximum absolute atomic E-state index is 12.5. The van der Waals surface area contributed by atoms with Crippen LogP contribution in [0.25, 0.3) is 0 Å². The Balaban J connectivity index is 1.69. The number of fused-ring (bicyclic) bond motifs is 1. The normalized spacial score (nSPS) is 21.6. The number of hydrogen-bond donors (Lipinski definition) is 2. The molecular formula is C18H25N3O4S. The quantitative estimate of drug-likeness (QED) is 0.735. The third-order valence-corrected chi connectivity index (χ3v) is 5.07. The van der Waals surface area contributed by atoms with Gasteiger partial charge in [-0.2, -0.15) is 11.8 Å². The summed E-state index contributed by atoms with van der Waals surface area (Å²) in [6, 6.07) is 5.57. The van der Waals surface area contributed by atoms with Crippen LogP contribution >= 0.6 is 11.8 Å². The van der Waals surface area contributed by atoms with Crippen LogP contribution in [0.15, 0.2) is 18.2 Å². The van der Waals surface area contributed by atoms with Crippen LogP contribution in [0, 0.1) is 0 Å². The number of hydrogen-bond acceptors (Lipinski definition) is 6. The molecule has 2 aliphatic heterocycles. The Morgan fingerprint density at radius 1 is 1.31 bits per heavy atom. The first kappa shape index (κ1) is 18.8. The predicted molar refractivity (Wildman–Crippen MR) is 100 cm³/mol. The van der Waals surface area contributed by atoms with Gasteiger partial charge in [0.05, 0.1) is 11.8 Å². The summed E-state index contributed by atoms with van der Waals surface area (Å²) in [7, 11) is 0. The number of likely N-dealkylation sites (N-methyl/N-ethyl adjacent to an activating group) is 1. The minimum absolute atomic E-state index is 0.00913. The fourth-order valence-electron chi connectivity index (χ4n) is 3.42. The first-order valence-electron chi connectivity index (χ1n) is 8.79. The Labute approximate surface area is 157 Å². The van der Waals surface area contributed by atoms with Crippen molar-refractivity contribution in [3.05, 3.63) is 23.8 Å². The molecule has 0 spiro atoms. The molecule has 0 aromatic heterocycles. The molecule has 0 unspecified atom stereocenters. The standard InChI is InChI=1S/C18H25N3O4S/c1-3-19-18(23)14-7-13(20-17(22)10-26-2)9-21(14)8-12-4-5-15-16(6-12)25-11-24-15/h4-6,13-14H,3,7-11H2,1-2H3,(H,19,23)(H,20,22)/t13-,14-/m0/s1. The lowest BCUT2D eigenvalue weighted by molar-refractivity contribution is -0.125. The molecule has 1 saturated heterocycles. The van der Waals surface area contributed by atoms with Crippen molar-refractivity contribution in [2.45, 2.75) is 32.0 Å². The van der Waals surface area contributed by atoms with Crippen LogP contribution in [0.1, 0.15) is 18.9 Å². The zero-order valence-electron chi connectivity index (χ0n) is 15.1. The van der Waals surface area contributed by atoms with Gasteiger partial charge in [-0.25, -0.2) is 0 Å². The average Bonchev–Trinajstić information content (AvgIpc) is 3.21. The molecule has 2 heterocycles. The van der Waals surface area contributed by atoms with Gasteiger partial charge >= 0.3 is 0 Å². The molecule has 2 aliphatic rings. The van der Waals surface area contributed by atoms with Crippen molar-refractivity contribution < 1.29 is 19.1 Å². The summed E-state index contributed by atoms with van der Waals surface area (Å²) in [6.07, 6.45) is 2.52. The van der Waals surface area contributed by atoms with Crippen molar-refractivity contribution in [1.29, 1.82) is 0 Å². The molecule has 142 valence electrons. The number of rotatable bonds is 7. The molecule has 8 heteroatoms. The Morgan fingerprint density at radius 3 is 2.88 bits per heavy atom. The highest BCUT2D eigenvalue weighted by molar-refractivity contribution is 7.99. The van der Waals surface area contributed by atoms with Crippen molar-refractivity contribution in [2.24, 2.45) is 0 Å². The smallest absolute Gasteiger partial charge is 0.237 e. The fourth-order valence-corrected chi connectivity index (χ4v) is 3.77. The number of benzene rings is 1. The molecule has 26 heavy (non-hydrogen) atoms. The Morgan fingerprint density at radius 2 is 2.12 bits per heavy atom. The highest BCUT2D eigenvalue weighted by Crippen LogP contribution is 2.33. The summed E-state index contributed by atoms with van der Waals surface area (Å²) in [4.78, 5) is 26.5. The number of amides is 2. The monoisotopic (exact) mass is 379 g/mol. The molecule has 0 saturated carbocycles. The van der Waals surface area contributed by atoms with E-state index in [0.29, 0.717) is 31.8 Å². The number of nitrogens with one attached hydrogen (secondary N) is 2. The van der Waals surface area contributed by atoms with Crippen LogP contribution in [0.5, 0.6) is 11.5 Å². The predicted octanol–water partition coefficient (Wildman–Crippen LogP) is 0.974. The van der Waals surface area contributed by atoms with E-state index in [4.69, 9.17) is 9.47 Å². The van der Waals surface area contributed by atoms with Crippen LogP contribution in [0.2, 0.25) is 0 Å². The van der Waals surface area contributed by atoms with Crippen LogP contribution in [0.3, 0.4) is 0 Å². The number of carbonyl (C=O) groups excluding carboxylic acids is 2. The molecule has 2 N–H and O–H groups in total. The van der Waals surface area contributed by atoms with Gasteiger partial charge in [-0.05, 0) is 37.3 Å². The van der Waals surface area contributed by atoms with Gasteiger partial charge in [0.15, 0.2) is 11.5 Å². The second-order valence-corrected chi connectivity index (χ2v) is 7.33. The molecule has 7 nitrogen and oxygen atoms in total. The lowest BCUT2D eigenvalue weighted by atomic mass is 10.1. The van der Waals surface area contributed by atoms with Gasteiger partial charge in [-0.3, -0.25) is 14.5 Å². The van der Waals surface area contributed by atoms with Gasteiger partial charge in [0, 0.05) is 25.7 Å². The molecule has 2 amide bonds. The van der Waals surface area contributed by atoms with E-state index in [2.05, 4.69) is 15.5 Å². The summed E-state index contributed by atoms with van der Waals surface area (Å²) in [5, 5.41) is 5.94. The molecule has 0 radical (unpaired) electrons. The largest absolute Gasteiger partial charge is 0.454 e. The van der Waals surface area contributed by atoms with Gasteiger partial charge in [-0.15, -0.1) is 0 Å².